The molecule has 2 heterocycles. The molecule has 0 spiro atoms. The summed E-state index contributed by atoms with van der Waals surface area (Å²) in [6.07, 6.45) is 3.74. The minimum absolute atomic E-state index is 0.0452. The predicted molar refractivity (Wildman–Crippen MR) is 115 cm³/mol. The summed E-state index contributed by atoms with van der Waals surface area (Å²) in [6, 6.07) is 18.1. The molecule has 2 fully saturated rings. The molecule has 1 unspecified atom stereocenters. The zero-order valence-electron chi connectivity index (χ0n) is 16.9. The second-order valence-corrected chi connectivity index (χ2v) is 8.21. The van der Waals surface area contributed by atoms with Crippen LogP contribution in [0.25, 0.3) is 0 Å². The van der Waals surface area contributed by atoms with Crippen LogP contribution in [0, 0.1) is 5.92 Å². The highest BCUT2D eigenvalue weighted by Gasteiger charge is 2.30. The minimum atomic E-state index is 0.0452. The van der Waals surface area contributed by atoms with Crippen LogP contribution in [0.15, 0.2) is 54.6 Å². The Morgan fingerprint density at radius 2 is 1.79 bits per heavy atom. The van der Waals surface area contributed by atoms with Gasteiger partial charge < -0.3 is 15.5 Å². The average Bonchev–Trinajstić information content (AvgIpc) is 3.24. The number of benzene rings is 2. The maximum Gasteiger partial charge on any atom is 0.254 e. The molecular weight excluding hydrogens is 362 g/mol. The van der Waals surface area contributed by atoms with E-state index in [9.17, 15) is 9.59 Å². The SMILES string of the molecule is C[C@H]1C[C@@H](C(=O)Nc2ccc(C(=O)N3CCCC3c3ccccc3)cc2)CCN1. The largest absolute Gasteiger partial charge is 0.332 e. The number of amides is 2. The summed E-state index contributed by atoms with van der Waals surface area (Å²) < 4.78 is 0. The summed E-state index contributed by atoms with van der Waals surface area (Å²) in [7, 11) is 0. The minimum Gasteiger partial charge on any atom is -0.332 e. The van der Waals surface area contributed by atoms with Crippen LogP contribution in [-0.2, 0) is 4.79 Å². The Labute approximate surface area is 172 Å². The Morgan fingerprint density at radius 3 is 2.52 bits per heavy atom. The lowest BCUT2D eigenvalue weighted by Crippen LogP contribution is -2.40. The second kappa shape index (κ2) is 8.78. The fraction of sp³-hybridized carbons (Fsp3) is 0.417. The lowest BCUT2D eigenvalue weighted by molar-refractivity contribution is -0.120. The molecule has 5 heteroatoms. The van der Waals surface area contributed by atoms with Crippen LogP contribution < -0.4 is 10.6 Å². The lowest BCUT2D eigenvalue weighted by Gasteiger charge is -2.27. The topological polar surface area (TPSA) is 61.4 Å². The molecule has 5 nitrogen and oxygen atoms in total. The molecule has 2 saturated heterocycles. The zero-order valence-corrected chi connectivity index (χ0v) is 16.9. The highest BCUT2D eigenvalue weighted by atomic mass is 16.2. The molecule has 3 atom stereocenters. The van der Waals surface area contributed by atoms with Crippen molar-refractivity contribution in [1.82, 2.24) is 10.2 Å². The van der Waals surface area contributed by atoms with Crippen molar-refractivity contribution in [2.24, 2.45) is 5.92 Å². The maximum atomic E-state index is 13.1. The molecule has 0 radical (unpaired) electrons. The van der Waals surface area contributed by atoms with E-state index in [4.69, 9.17) is 0 Å². The molecule has 0 bridgehead atoms. The first-order chi connectivity index (χ1) is 14.1. The van der Waals surface area contributed by atoms with E-state index in [2.05, 4.69) is 29.7 Å². The fourth-order valence-corrected chi connectivity index (χ4v) is 4.51. The van der Waals surface area contributed by atoms with Crippen LogP contribution in [0.2, 0.25) is 0 Å². The van der Waals surface area contributed by atoms with Crippen molar-refractivity contribution in [1.29, 1.82) is 0 Å². The first-order valence-electron chi connectivity index (χ1n) is 10.6. The van der Waals surface area contributed by atoms with E-state index in [1.165, 1.54) is 5.56 Å². The Kier molecular flexibility index (Phi) is 5.95. The van der Waals surface area contributed by atoms with E-state index in [0.29, 0.717) is 11.6 Å². The molecule has 2 aromatic rings. The summed E-state index contributed by atoms with van der Waals surface area (Å²) in [4.78, 5) is 27.6. The molecule has 2 aliphatic rings. The van der Waals surface area contributed by atoms with Gasteiger partial charge in [-0.25, -0.2) is 0 Å². The van der Waals surface area contributed by atoms with Gasteiger partial charge in [-0.1, -0.05) is 30.3 Å². The molecule has 29 heavy (non-hydrogen) atoms. The Bertz CT molecular complexity index is 850. The number of rotatable bonds is 4. The summed E-state index contributed by atoms with van der Waals surface area (Å²) in [5.41, 5.74) is 2.61. The van der Waals surface area contributed by atoms with Gasteiger partial charge in [0, 0.05) is 29.8 Å². The van der Waals surface area contributed by atoms with Crippen molar-refractivity contribution in [3.63, 3.8) is 0 Å². The lowest BCUT2D eigenvalue weighted by atomic mass is 9.92. The van der Waals surface area contributed by atoms with E-state index in [1.54, 1.807) is 0 Å². The Morgan fingerprint density at radius 1 is 1.03 bits per heavy atom. The van der Waals surface area contributed by atoms with Crippen LogP contribution in [0.4, 0.5) is 5.69 Å². The van der Waals surface area contributed by atoms with Crippen molar-refractivity contribution in [3.8, 4) is 0 Å². The van der Waals surface area contributed by atoms with Gasteiger partial charge >= 0.3 is 0 Å². The number of nitrogens with one attached hydrogen (secondary N) is 2. The summed E-state index contributed by atoms with van der Waals surface area (Å²) in [6.45, 7) is 3.77. The first-order valence-corrected chi connectivity index (χ1v) is 10.6. The number of anilines is 1. The van der Waals surface area contributed by atoms with Gasteiger partial charge in [0.05, 0.1) is 6.04 Å². The van der Waals surface area contributed by atoms with Gasteiger partial charge in [-0.2, -0.15) is 0 Å². The molecule has 2 aliphatic heterocycles. The van der Waals surface area contributed by atoms with Gasteiger partial charge in [0.25, 0.3) is 5.91 Å². The number of hydrogen-bond donors (Lipinski definition) is 2. The fourth-order valence-electron chi connectivity index (χ4n) is 4.51. The normalized spacial score (nSPS) is 24.3. The number of carbonyl (C=O) groups is 2. The van der Waals surface area contributed by atoms with Gasteiger partial charge in [-0.3, -0.25) is 9.59 Å². The highest BCUT2D eigenvalue weighted by molar-refractivity contribution is 5.96. The molecule has 152 valence electrons. The Balaban J connectivity index is 1.41. The monoisotopic (exact) mass is 391 g/mol. The standard InChI is InChI=1S/C24H29N3O2/c1-17-16-20(13-14-25-17)23(28)26-21-11-9-19(10-12-21)24(29)27-15-5-8-22(27)18-6-3-2-4-7-18/h2-4,6-7,9-12,17,20,22,25H,5,8,13-16H2,1H3,(H,26,28)/t17-,20-,22?/m0/s1. The summed E-state index contributed by atoms with van der Waals surface area (Å²) >= 11 is 0. The maximum absolute atomic E-state index is 13.1. The van der Waals surface area contributed by atoms with Crippen LogP contribution in [0.5, 0.6) is 0 Å². The number of nitrogens with zero attached hydrogens (tertiary/aromatic N) is 1. The highest BCUT2D eigenvalue weighted by Crippen LogP contribution is 2.33. The Hall–Kier alpha value is -2.66. The molecule has 0 saturated carbocycles. The molecular formula is C24H29N3O2. The van der Waals surface area contributed by atoms with E-state index in [0.717, 1.165) is 44.5 Å². The summed E-state index contributed by atoms with van der Waals surface area (Å²) in [5, 5.41) is 6.38. The quantitative estimate of drug-likeness (QED) is 0.828. The number of carbonyl (C=O) groups excluding carboxylic acids is 2. The molecule has 2 N–H and O–H groups in total. The van der Waals surface area contributed by atoms with E-state index < -0.39 is 0 Å². The van der Waals surface area contributed by atoms with Crippen LogP contribution >= 0.6 is 0 Å². The van der Waals surface area contributed by atoms with Crippen LogP contribution in [0.1, 0.15) is 54.6 Å². The summed E-state index contributed by atoms with van der Waals surface area (Å²) in [5.74, 6) is 0.173. The molecule has 0 aliphatic carbocycles. The van der Waals surface area contributed by atoms with E-state index in [1.807, 2.05) is 47.4 Å². The van der Waals surface area contributed by atoms with Gasteiger partial charge in [0.1, 0.15) is 0 Å². The smallest absolute Gasteiger partial charge is 0.254 e. The van der Waals surface area contributed by atoms with E-state index >= 15 is 0 Å². The molecule has 2 amide bonds. The molecule has 4 rings (SSSR count). The third kappa shape index (κ3) is 4.51. The van der Waals surface area contributed by atoms with Gasteiger partial charge in [0.15, 0.2) is 0 Å². The molecule has 0 aromatic heterocycles. The van der Waals surface area contributed by atoms with Gasteiger partial charge in [-0.05, 0) is 69.0 Å². The molecule has 2 aromatic carbocycles. The predicted octanol–water partition coefficient (Wildman–Crippen LogP) is 3.99. The number of hydrogen-bond acceptors (Lipinski definition) is 3. The van der Waals surface area contributed by atoms with Crippen LogP contribution in [0.3, 0.4) is 0 Å². The third-order valence-corrected chi connectivity index (χ3v) is 6.09. The van der Waals surface area contributed by atoms with Gasteiger partial charge in [0.2, 0.25) is 5.91 Å². The number of likely N-dealkylation sites (tertiary alicyclic amines) is 1. The van der Waals surface area contributed by atoms with Crippen molar-refractivity contribution in [2.45, 2.75) is 44.7 Å². The van der Waals surface area contributed by atoms with Crippen molar-refractivity contribution in [2.75, 3.05) is 18.4 Å². The second-order valence-electron chi connectivity index (χ2n) is 8.21. The third-order valence-electron chi connectivity index (χ3n) is 6.09. The van der Waals surface area contributed by atoms with E-state index in [-0.39, 0.29) is 23.8 Å². The van der Waals surface area contributed by atoms with Crippen molar-refractivity contribution >= 4 is 17.5 Å². The van der Waals surface area contributed by atoms with Crippen LogP contribution in [-0.4, -0.2) is 35.8 Å². The van der Waals surface area contributed by atoms with Crippen molar-refractivity contribution in [3.05, 3.63) is 65.7 Å². The average molecular weight is 392 g/mol. The first kappa shape index (κ1) is 19.6. The number of piperidine rings is 1. The zero-order chi connectivity index (χ0) is 20.2. The van der Waals surface area contributed by atoms with Crippen molar-refractivity contribution < 1.29 is 9.59 Å². The van der Waals surface area contributed by atoms with Gasteiger partial charge in [-0.15, -0.1) is 0 Å².